The van der Waals surface area contributed by atoms with Crippen LogP contribution in [0.5, 0.6) is 0 Å². The Hall–Kier alpha value is -1.91. The van der Waals surface area contributed by atoms with Gasteiger partial charge in [0.25, 0.3) is 5.91 Å². The van der Waals surface area contributed by atoms with E-state index in [1.54, 1.807) is 6.92 Å². The van der Waals surface area contributed by atoms with E-state index in [9.17, 15) is 14.0 Å². The van der Waals surface area contributed by atoms with Crippen LogP contribution in [0.3, 0.4) is 0 Å². The quantitative estimate of drug-likeness (QED) is 0.879. The van der Waals surface area contributed by atoms with Crippen LogP contribution in [0.1, 0.15) is 35.2 Å². The minimum atomic E-state index is -0.811. The standard InChI is InChI=1S/C14H16FNO3/c1-8-6-9(3-5-12(8)15)13(17)16-11-4-2-10(7-11)14(18)19/h3,5-6,10-11H,2,4,7H2,1H3,(H,16,17)(H,18,19)/t10-,11+/m1/s1. The maximum absolute atomic E-state index is 13.1. The molecule has 0 aromatic heterocycles. The third-order valence-corrected chi connectivity index (χ3v) is 3.54. The second-order valence-electron chi connectivity index (χ2n) is 4.98. The van der Waals surface area contributed by atoms with E-state index in [1.165, 1.54) is 18.2 Å². The van der Waals surface area contributed by atoms with Crippen molar-refractivity contribution in [1.29, 1.82) is 0 Å². The predicted octanol–water partition coefficient (Wildman–Crippen LogP) is 2.12. The van der Waals surface area contributed by atoms with Crippen molar-refractivity contribution in [3.63, 3.8) is 0 Å². The van der Waals surface area contributed by atoms with Gasteiger partial charge in [-0.05, 0) is 49.9 Å². The number of hydrogen-bond donors (Lipinski definition) is 2. The molecule has 1 aromatic rings. The zero-order chi connectivity index (χ0) is 14.0. The number of carbonyl (C=O) groups excluding carboxylic acids is 1. The molecule has 1 saturated carbocycles. The Kier molecular flexibility index (Phi) is 3.83. The zero-order valence-corrected chi connectivity index (χ0v) is 10.6. The third kappa shape index (κ3) is 3.10. The summed E-state index contributed by atoms with van der Waals surface area (Å²) in [4.78, 5) is 22.8. The van der Waals surface area contributed by atoms with Gasteiger partial charge >= 0.3 is 5.97 Å². The average molecular weight is 265 g/mol. The Morgan fingerprint density at radius 2 is 2.11 bits per heavy atom. The summed E-state index contributed by atoms with van der Waals surface area (Å²) < 4.78 is 13.1. The maximum Gasteiger partial charge on any atom is 0.306 e. The summed E-state index contributed by atoms with van der Waals surface area (Å²) in [6, 6.07) is 4.08. The highest BCUT2D eigenvalue weighted by Gasteiger charge is 2.30. The normalized spacial score (nSPS) is 22.2. The fourth-order valence-electron chi connectivity index (χ4n) is 2.39. The fourth-order valence-corrected chi connectivity index (χ4v) is 2.39. The number of carboxylic acids is 1. The van der Waals surface area contributed by atoms with E-state index in [1.807, 2.05) is 0 Å². The highest BCUT2D eigenvalue weighted by Crippen LogP contribution is 2.25. The molecule has 0 aliphatic heterocycles. The van der Waals surface area contributed by atoms with Crippen LogP contribution in [0, 0.1) is 18.7 Å². The monoisotopic (exact) mass is 265 g/mol. The summed E-state index contributed by atoms with van der Waals surface area (Å²) in [5, 5.41) is 11.7. The lowest BCUT2D eigenvalue weighted by atomic mass is 10.1. The van der Waals surface area contributed by atoms with Gasteiger partial charge in [0.05, 0.1) is 5.92 Å². The number of benzene rings is 1. The molecule has 1 amide bonds. The SMILES string of the molecule is Cc1cc(C(=O)N[C@H]2CC[C@@H](C(=O)O)C2)ccc1F. The van der Waals surface area contributed by atoms with Gasteiger partial charge < -0.3 is 10.4 Å². The smallest absolute Gasteiger partial charge is 0.306 e. The second-order valence-corrected chi connectivity index (χ2v) is 4.98. The summed E-state index contributed by atoms with van der Waals surface area (Å²) >= 11 is 0. The van der Waals surface area contributed by atoms with Gasteiger partial charge in [0, 0.05) is 11.6 Å². The molecule has 2 N–H and O–H groups in total. The molecule has 2 rings (SSSR count). The Morgan fingerprint density at radius 3 is 2.68 bits per heavy atom. The fraction of sp³-hybridized carbons (Fsp3) is 0.429. The van der Waals surface area contributed by atoms with Gasteiger partial charge in [-0.2, -0.15) is 0 Å². The van der Waals surface area contributed by atoms with E-state index < -0.39 is 5.97 Å². The van der Waals surface area contributed by atoms with E-state index >= 15 is 0 Å². The van der Waals surface area contributed by atoms with E-state index in [0.717, 1.165) is 0 Å². The molecular weight excluding hydrogens is 249 g/mol. The molecule has 19 heavy (non-hydrogen) atoms. The lowest BCUT2D eigenvalue weighted by molar-refractivity contribution is -0.141. The lowest BCUT2D eigenvalue weighted by Gasteiger charge is -2.12. The number of aliphatic carboxylic acids is 1. The lowest BCUT2D eigenvalue weighted by Crippen LogP contribution is -2.33. The van der Waals surface area contributed by atoms with Crippen LogP contribution in [0.4, 0.5) is 4.39 Å². The topological polar surface area (TPSA) is 66.4 Å². The molecule has 5 heteroatoms. The van der Waals surface area contributed by atoms with Gasteiger partial charge in [0.2, 0.25) is 0 Å². The Bertz CT molecular complexity index is 515. The Morgan fingerprint density at radius 1 is 1.37 bits per heavy atom. The number of carbonyl (C=O) groups is 2. The Balaban J connectivity index is 1.98. The minimum absolute atomic E-state index is 0.112. The van der Waals surface area contributed by atoms with Crippen LogP contribution in [0.2, 0.25) is 0 Å². The van der Waals surface area contributed by atoms with Gasteiger partial charge in [0.15, 0.2) is 0 Å². The van der Waals surface area contributed by atoms with Crippen molar-refractivity contribution < 1.29 is 19.1 Å². The van der Waals surface area contributed by atoms with Crippen molar-refractivity contribution in [2.75, 3.05) is 0 Å². The molecule has 102 valence electrons. The number of amides is 1. The van der Waals surface area contributed by atoms with Gasteiger partial charge in [0.1, 0.15) is 5.82 Å². The number of carboxylic acid groups (broad SMARTS) is 1. The number of aryl methyl sites for hydroxylation is 1. The predicted molar refractivity (Wildman–Crippen MR) is 67.4 cm³/mol. The highest BCUT2D eigenvalue weighted by molar-refractivity contribution is 5.94. The van der Waals surface area contributed by atoms with Crippen molar-refractivity contribution in [3.05, 3.63) is 35.1 Å². The summed E-state index contributed by atoms with van der Waals surface area (Å²) in [6.45, 7) is 1.60. The van der Waals surface area contributed by atoms with Gasteiger partial charge in [-0.1, -0.05) is 0 Å². The molecule has 1 aromatic carbocycles. The first-order chi connectivity index (χ1) is 8.97. The first kappa shape index (κ1) is 13.5. The molecule has 2 atom stereocenters. The van der Waals surface area contributed by atoms with E-state index in [2.05, 4.69) is 5.32 Å². The van der Waals surface area contributed by atoms with Crippen LogP contribution in [-0.4, -0.2) is 23.0 Å². The van der Waals surface area contributed by atoms with E-state index in [0.29, 0.717) is 30.4 Å². The van der Waals surface area contributed by atoms with E-state index in [4.69, 9.17) is 5.11 Å². The number of rotatable bonds is 3. The molecule has 0 spiro atoms. The first-order valence-electron chi connectivity index (χ1n) is 6.27. The van der Waals surface area contributed by atoms with Crippen LogP contribution in [-0.2, 0) is 4.79 Å². The molecule has 1 aliphatic carbocycles. The molecule has 0 radical (unpaired) electrons. The molecule has 4 nitrogen and oxygen atoms in total. The second kappa shape index (κ2) is 5.38. The number of hydrogen-bond acceptors (Lipinski definition) is 2. The van der Waals surface area contributed by atoms with Crippen LogP contribution >= 0.6 is 0 Å². The van der Waals surface area contributed by atoms with Crippen molar-refractivity contribution in [3.8, 4) is 0 Å². The highest BCUT2D eigenvalue weighted by atomic mass is 19.1. The van der Waals surface area contributed by atoms with Crippen molar-refractivity contribution >= 4 is 11.9 Å². The van der Waals surface area contributed by atoms with Crippen molar-refractivity contribution in [2.24, 2.45) is 5.92 Å². The average Bonchev–Trinajstić information content (AvgIpc) is 2.81. The molecule has 0 heterocycles. The van der Waals surface area contributed by atoms with Crippen LogP contribution in [0.15, 0.2) is 18.2 Å². The zero-order valence-electron chi connectivity index (χ0n) is 10.6. The molecule has 1 aliphatic rings. The number of nitrogens with one attached hydrogen (secondary N) is 1. The molecular formula is C14H16FNO3. The number of halogens is 1. The molecule has 0 unspecified atom stereocenters. The largest absolute Gasteiger partial charge is 0.481 e. The van der Waals surface area contributed by atoms with Crippen molar-refractivity contribution in [2.45, 2.75) is 32.2 Å². The summed E-state index contributed by atoms with van der Waals surface area (Å²) in [5.41, 5.74) is 0.820. The van der Waals surface area contributed by atoms with Gasteiger partial charge in [-0.3, -0.25) is 9.59 Å². The summed E-state index contributed by atoms with van der Waals surface area (Å²) in [5.74, 6) is -1.81. The third-order valence-electron chi connectivity index (χ3n) is 3.54. The minimum Gasteiger partial charge on any atom is -0.481 e. The summed E-state index contributed by atoms with van der Waals surface area (Å²) in [6.07, 6.45) is 1.72. The van der Waals surface area contributed by atoms with E-state index in [-0.39, 0.29) is 23.7 Å². The molecule has 0 saturated heterocycles. The summed E-state index contributed by atoms with van der Waals surface area (Å²) in [7, 11) is 0. The van der Waals surface area contributed by atoms with Gasteiger partial charge in [-0.15, -0.1) is 0 Å². The molecule has 0 bridgehead atoms. The first-order valence-corrected chi connectivity index (χ1v) is 6.27. The maximum atomic E-state index is 13.1. The van der Waals surface area contributed by atoms with Crippen LogP contribution < -0.4 is 5.32 Å². The van der Waals surface area contributed by atoms with Gasteiger partial charge in [-0.25, -0.2) is 4.39 Å². The van der Waals surface area contributed by atoms with Crippen molar-refractivity contribution in [1.82, 2.24) is 5.32 Å². The molecule has 1 fully saturated rings. The van der Waals surface area contributed by atoms with Crippen LogP contribution in [0.25, 0.3) is 0 Å². The Labute approximate surface area is 110 Å².